The van der Waals surface area contributed by atoms with Crippen LogP contribution in [0.15, 0.2) is 18.2 Å². The average molecular weight is 231 g/mol. The van der Waals surface area contributed by atoms with Crippen molar-refractivity contribution in [1.29, 1.82) is 0 Å². The summed E-state index contributed by atoms with van der Waals surface area (Å²) in [5, 5.41) is 9.44. The second-order valence-corrected chi connectivity index (χ2v) is 5.07. The van der Waals surface area contributed by atoms with Crippen LogP contribution < -0.4 is 0 Å². The number of nitrogens with zero attached hydrogens (tertiary/aromatic N) is 1. The van der Waals surface area contributed by atoms with Gasteiger partial charge in [-0.1, -0.05) is 25.3 Å². The smallest absolute Gasteiger partial charge is 0.254 e. The summed E-state index contributed by atoms with van der Waals surface area (Å²) < 4.78 is 0. The largest absolute Gasteiger partial charge is 0.508 e. The Labute approximate surface area is 101 Å². The van der Waals surface area contributed by atoms with E-state index in [1.165, 1.54) is 19.3 Å². The van der Waals surface area contributed by atoms with E-state index in [-0.39, 0.29) is 11.7 Å². The highest BCUT2D eigenvalue weighted by Gasteiger charge is 2.33. The number of amides is 1. The first-order chi connectivity index (χ1) is 8.25. The number of aromatic hydroxyl groups is 1. The van der Waals surface area contributed by atoms with E-state index in [4.69, 9.17) is 0 Å². The molecule has 3 heteroatoms. The maximum absolute atomic E-state index is 12.3. The van der Waals surface area contributed by atoms with E-state index in [0.717, 1.165) is 24.9 Å². The van der Waals surface area contributed by atoms with E-state index in [1.54, 1.807) is 12.1 Å². The van der Waals surface area contributed by atoms with Gasteiger partial charge in [-0.3, -0.25) is 4.79 Å². The van der Waals surface area contributed by atoms with Crippen LogP contribution in [0.4, 0.5) is 0 Å². The van der Waals surface area contributed by atoms with Gasteiger partial charge in [-0.15, -0.1) is 0 Å². The van der Waals surface area contributed by atoms with Crippen LogP contribution in [0.3, 0.4) is 0 Å². The molecule has 0 aromatic heterocycles. The number of hydrogen-bond acceptors (Lipinski definition) is 2. The van der Waals surface area contributed by atoms with Crippen LogP contribution in [-0.2, 0) is 6.54 Å². The number of carbonyl (C=O) groups excluding carboxylic acids is 1. The Morgan fingerprint density at radius 1 is 1.18 bits per heavy atom. The summed E-state index contributed by atoms with van der Waals surface area (Å²) in [7, 11) is 0. The van der Waals surface area contributed by atoms with Crippen LogP contribution in [0.5, 0.6) is 5.75 Å². The molecule has 90 valence electrons. The minimum absolute atomic E-state index is 0.0998. The topological polar surface area (TPSA) is 40.5 Å². The maximum atomic E-state index is 12.3. The first-order valence-electron chi connectivity index (χ1n) is 6.38. The predicted molar refractivity (Wildman–Crippen MR) is 64.9 cm³/mol. The Hall–Kier alpha value is -1.51. The highest BCUT2D eigenvalue weighted by atomic mass is 16.3. The van der Waals surface area contributed by atoms with Crippen LogP contribution in [-0.4, -0.2) is 22.0 Å². The van der Waals surface area contributed by atoms with Gasteiger partial charge in [0.15, 0.2) is 0 Å². The predicted octanol–water partition coefficient (Wildman–Crippen LogP) is 2.68. The second kappa shape index (κ2) is 4.06. The molecule has 17 heavy (non-hydrogen) atoms. The number of phenolic OH excluding ortho intramolecular Hbond substituents is 1. The normalized spacial score (nSPS) is 20.7. The highest BCUT2D eigenvalue weighted by Crippen LogP contribution is 2.32. The van der Waals surface area contributed by atoms with Gasteiger partial charge >= 0.3 is 0 Å². The zero-order valence-corrected chi connectivity index (χ0v) is 9.85. The van der Waals surface area contributed by atoms with Gasteiger partial charge in [-0.25, -0.2) is 0 Å². The lowest BCUT2D eigenvalue weighted by Crippen LogP contribution is -2.36. The minimum atomic E-state index is 0.0998. The average Bonchev–Trinajstić information content (AvgIpc) is 2.68. The van der Waals surface area contributed by atoms with E-state index in [9.17, 15) is 9.90 Å². The molecule has 1 aromatic carbocycles. The summed E-state index contributed by atoms with van der Waals surface area (Å²) in [6.07, 6.45) is 6.02. The van der Waals surface area contributed by atoms with Crippen molar-refractivity contribution in [2.75, 3.05) is 0 Å². The zero-order valence-electron chi connectivity index (χ0n) is 9.85. The Balaban J connectivity index is 1.85. The molecule has 0 radical (unpaired) electrons. The molecule has 0 unspecified atom stereocenters. The molecule has 3 rings (SSSR count). The van der Waals surface area contributed by atoms with Crippen LogP contribution in [0.1, 0.15) is 48.0 Å². The van der Waals surface area contributed by atoms with Crippen molar-refractivity contribution < 1.29 is 9.90 Å². The molecule has 0 atom stereocenters. The zero-order chi connectivity index (χ0) is 11.8. The van der Waals surface area contributed by atoms with E-state index in [1.807, 2.05) is 11.0 Å². The van der Waals surface area contributed by atoms with Crippen molar-refractivity contribution in [2.24, 2.45) is 0 Å². The standard InChI is InChI=1S/C14H17NO2/c16-12-7-6-10-9-15(14(17)13(10)8-12)11-4-2-1-3-5-11/h6-8,11,16H,1-5,9H2. The lowest BCUT2D eigenvalue weighted by Gasteiger charge is -2.30. The molecule has 1 N–H and O–H groups in total. The van der Waals surface area contributed by atoms with Gasteiger partial charge in [0.05, 0.1) is 0 Å². The summed E-state index contributed by atoms with van der Waals surface area (Å²) in [6.45, 7) is 0.721. The number of phenols is 1. The monoisotopic (exact) mass is 231 g/mol. The lowest BCUT2D eigenvalue weighted by atomic mass is 9.94. The third kappa shape index (κ3) is 1.79. The Morgan fingerprint density at radius 2 is 1.94 bits per heavy atom. The minimum Gasteiger partial charge on any atom is -0.508 e. The van der Waals surface area contributed by atoms with Crippen LogP contribution in [0.25, 0.3) is 0 Å². The number of benzene rings is 1. The molecule has 1 fully saturated rings. The van der Waals surface area contributed by atoms with Crippen molar-refractivity contribution in [3.63, 3.8) is 0 Å². The Morgan fingerprint density at radius 3 is 2.71 bits per heavy atom. The molecule has 1 heterocycles. The van der Waals surface area contributed by atoms with E-state index >= 15 is 0 Å². The van der Waals surface area contributed by atoms with Gasteiger partial charge in [0.1, 0.15) is 5.75 Å². The van der Waals surface area contributed by atoms with Crippen molar-refractivity contribution in [1.82, 2.24) is 4.90 Å². The van der Waals surface area contributed by atoms with Crippen LogP contribution in [0, 0.1) is 0 Å². The molecule has 1 aliphatic heterocycles. The second-order valence-electron chi connectivity index (χ2n) is 5.07. The maximum Gasteiger partial charge on any atom is 0.254 e. The van der Waals surface area contributed by atoms with Crippen molar-refractivity contribution in [3.05, 3.63) is 29.3 Å². The molecule has 1 aromatic rings. The fourth-order valence-electron chi connectivity index (χ4n) is 3.00. The van der Waals surface area contributed by atoms with Gasteiger partial charge in [0.2, 0.25) is 0 Å². The van der Waals surface area contributed by atoms with Crippen molar-refractivity contribution in [3.8, 4) is 5.75 Å². The fraction of sp³-hybridized carbons (Fsp3) is 0.500. The van der Waals surface area contributed by atoms with Crippen molar-refractivity contribution >= 4 is 5.91 Å². The first-order valence-corrected chi connectivity index (χ1v) is 6.38. The van der Waals surface area contributed by atoms with E-state index < -0.39 is 0 Å². The summed E-state index contributed by atoms with van der Waals surface area (Å²) in [5.74, 6) is 0.283. The first kappa shape index (κ1) is 10.6. The van der Waals surface area contributed by atoms with Crippen molar-refractivity contribution in [2.45, 2.75) is 44.7 Å². The molecule has 0 saturated heterocycles. The van der Waals surface area contributed by atoms with Gasteiger partial charge in [0.25, 0.3) is 5.91 Å². The molecule has 1 saturated carbocycles. The van der Waals surface area contributed by atoms with Crippen LogP contribution >= 0.6 is 0 Å². The number of carbonyl (C=O) groups is 1. The Bertz CT molecular complexity index is 450. The number of hydrogen-bond donors (Lipinski definition) is 1. The molecule has 2 aliphatic rings. The van der Waals surface area contributed by atoms with E-state index in [0.29, 0.717) is 11.6 Å². The Kier molecular flexibility index (Phi) is 2.54. The molecule has 1 amide bonds. The molecule has 3 nitrogen and oxygen atoms in total. The van der Waals surface area contributed by atoms with Gasteiger partial charge < -0.3 is 10.0 Å². The number of fused-ring (bicyclic) bond motifs is 1. The molecule has 0 bridgehead atoms. The van der Waals surface area contributed by atoms with Crippen LogP contribution in [0.2, 0.25) is 0 Å². The molecular formula is C14H17NO2. The SMILES string of the molecule is O=C1c2cc(O)ccc2CN1C1CCCCC1. The third-order valence-electron chi connectivity index (χ3n) is 3.94. The molecule has 0 spiro atoms. The fourth-order valence-corrected chi connectivity index (χ4v) is 3.00. The quantitative estimate of drug-likeness (QED) is 0.807. The third-order valence-corrected chi connectivity index (χ3v) is 3.94. The summed E-state index contributed by atoms with van der Waals surface area (Å²) in [4.78, 5) is 14.3. The number of rotatable bonds is 1. The summed E-state index contributed by atoms with van der Waals surface area (Å²) >= 11 is 0. The lowest BCUT2D eigenvalue weighted by molar-refractivity contribution is 0.0660. The van der Waals surface area contributed by atoms with Gasteiger partial charge in [-0.05, 0) is 30.5 Å². The molecule has 1 aliphatic carbocycles. The van der Waals surface area contributed by atoms with Gasteiger partial charge in [0, 0.05) is 18.2 Å². The van der Waals surface area contributed by atoms with Gasteiger partial charge in [-0.2, -0.15) is 0 Å². The van der Waals surface area contributed by atoms with E-state index in [2.05, 4.69) is 0 Å². The summed E-state index contributed by atoms with van der Waals surface area (Å²) in [6, 6.07) is 5.54. The summed E-state index contributed by atoms with van der Waals surface area (Å²) in [5.41, 5.74) is 1.74. The highest BCUT2D eigenvalue weighted by molar-refractivity contribution is 5.98. The molecular weight excluding hydrogens is 214 g/mol.